The highest BCUT2D eigenvalue weighted by atomic mass is 32.2. The molecule has 0 aliphatic carbocycles. The van der Waals surface area contributed by atoms with Crippen molar-refractivity contribution in [1.29, 1.82) is 0 Å². The first-order chi connectivity index (χ1) is 15.8. The first-order valence-electron chi connectivity index (χ1n) is 10.2. The predicted molar refractivity (Wildman–Crippen MR) is 131 cm³/mol. The lowest BCUT2D eigenvalue weighted by atomic mass is 10.1. The number of carbonyl (C=O) groups is 3. The van der Waals surface area contributed by atoms with E-state index in [-0.39, 0.29) is 11.5 Å². The van der Waals surface area contributed by atoms with Gasteiger partial charge in [-0.2, -0.15) is 0 Å². The van der Waals surface area contributed by atoms with E-state index in [4.69, 9.17) is 5.11 Å². The lowest BCUT2D eigenvalue weighted by Gasteiger charge is -2.18. The summed E-state index contributed by atoms with van der Waals surface area (Å²) < 4.78 is 0. The Kier molecular flexibility index (Phi) is 8.05. The molecule has 0 unspecified atom stereocenters. The zero-order chi connectivity index (χ0) is 23.8. The number of nitrogens with one attached hydrogen (secondary N) is 2. The molecule has 0 spiro atoms. The Morgan fingerprint density at radius 1 is 0.879 bits per heavy atom. The first kappa shape index (κ1) is 23.8. The van der Waals surface area contributed by atoms with Crippen LogP contribution in [0.15, 0.2) is 95.4 Å². The minimum atomic E-state index is -1.15. The second-order valence-electron chi connectivity index (χ2n) is 7.36. The molecule has 2 amide bonds. The normalized spacial score (nSPS) is 12.0. The quantitative estimate of drug-likeness (QED) is 0.307. The van der Waals surface area contributed by atoms with Crippen LogP contribution in [0.1, 0.15) is 23.3 Å². The molecule has 1 atom stereocenters. The van der Waals surface area contributed by atoms with Crippen molar-refractivity contribution in [2.45, 2.75) is 24.0 Å². The molecule has 3 aromatic rings. The lowest BCUT2D eigenvalue weighted by Crippen LogP contribution is -2.19. The van der Waals surface area contributed by atoms with Crippen molar-refractivity contribution in [2.75, 3.05) is 10.6 Å². The number of benzene rings is 3. The number of rotatable bonds is 8. The first-order valence-corrected chi connectivity index (χ1v) is 11.1. The summed E-state index contributed by atoms with van der Waals surface area (Å²) in [7, 11) is 0. The Bertz CT molecular complexity index is 1170. The van der Waals surface area contributed by atoms with Gasteiger partial charge in [0.05, 0.1) is 0 Å². The summed E-state index contributed by atoms with van der Waals surface area (Å²) in [6.07, 6.45) is 1.03. The van der Waals surface area contributed by atoms with Crippen molar-refractivity contribution in [3.63, 3.8) is 0 Å². The van der Waals surface area contributed by atoms with Gasteiger partial charge in [0.2, 0.25) is 11.8 Å². The molecule has 0 radical (unpaired) electrons. The second kappa shape index (κ2) is 11.2. The van der Waals surface area contributed by atoms with Gasteiger partial charge in [0.25, 0.3) is 0 Å². The Morgan fingerprint density at radius 3 is 2.15 bits per heavy atom. The molecule has 0 saturated carbocycles. The summed E-state index contributed by atoms with van der Waals surface area (Å²) in [4.78, 5) is 36.9. The SMILES string of the molecule is C/C(=C\C(=O)Nc1ccc(S[C@@H](C(=O)Nc2ccccc2C)c2ccccc2)cc1)C(=O)O. The molecule has 33 heavy (non-hydrogen) atoms. The number of carbonyl (C=O) groups excluding carboxylic acids is 2. The number of carboxylic acid groups (broad SMARTS) is 1. The third kappa shape index (κ3) is 6.82. The number of hydrogen-bond donors (Lipinski definition) is 3. The van der Waals surface area contributed by atoms with Crippen molar-refractivity contribution in [3.05, 3.63) is 102 Å². The molecule has 0 heterocycles. The molecule has 0 aliphatic rings. The van der Waals surface area contributed by atoms with Gasteiger partial charge in [-0.05, 0) is 55.3 Å². The van der Waals surface area contributed by atoms with E-state index in [1.807, 2.05) is 73.7 Å². The number of amides is 2. The third-order valence-electron chi connectivity index (χ3n) is 4.80. The second-order valence-corrected chi connectivity index (χ2v) is 8.54. The maximum atomic E-state index is 13.2. The fourth-order valence-electron chi connectivity index (χ4n) is 3.00. The number of aryl methyl sites for hydroxylation is 1. The average Bonchev–Trinajstić information content (AvgIpc) is 2.80. The maximum absolute atomic E-state index is 13.2. The number of aliphatic carboxylic acids is 1. The molecule has 168 valence electrons. The zero-order valence-electron chi connectivity index (χ0n) is 18.2. The highest BCUT2D eigenvalue weighted by Gasteiger charge is 2.22. The predicted octanol–water partition coefficient (Wildman–Crippen LogP) is 5.44. The third-order valence-corrected chi connectivity index (χ3v) is 6.07. The van der Waals surface area contributed by atoms with Crippen LogP contribution in [0, 0.1) is 6.92 Å². The van der Waals surface area contributed by atoms with Gasteiger partial charge < -0.3 is 15.7 Å². The molecule has 3 aromatic carbocycles. The summed E-state index contributed by atoms with van der Waals surface area (Å²) >= 11 is 1.40. The van der Waals surface area contributed by atoms with E-state index in [1.165, 1.54) is 18.7 Å². The van der Waals surface area contributed by atoms with Gasteiger partial charge >= 0.3 is 5.97 Å². The number of hydrogen-bond acceptors (Lipinski definition) is 4. The van der Waals surface area contributed by atoms with Crippen molar-refractivity contribution in [3.8, 4) is 0 Å². The molecule has 3 N–H and O–H groups in total. The fraction of sp³-hybridized carbons (Fsp3) is 0.115. The molecule has 0 saturated heterocycles. The van der Waals surface area contributed by atoms with Crippen LogP contribution in [-0.2, 0) is 14.4 Å². The van der Waals surface area contributed by atoms with Crippen LogP contribution in [0.4, 0.5) is 11.4 Å². The van der Waals surface area contributed by atoms with Crippen molar-refractivity contribution >= 4 is 40.9 Å². The fourth-order valence-corrected chi connectivity index (χ4v) is 4.03. The molecule has 3 rings (SSSR count). The summed E-state index contributed by atoms with van der Waals surface area (Å²) in [5, 5.41) is 14.1. The molecular formula is C26H24N2O4S. The van der Waals surface area contributed by atoms with Gasteiger partial charge in [0, 0.05) is 27.9 Å². The van der Waals surface area contributed by atoms with Gasteiger partial charge in [-0.3, -0.25) is 9.59 Å². The van der Waals surface area contributed by atoms with E-state index in [0.717, 1.165) is 27.8 Å². The summed E-state index contributed by atoms with van der Waals surface area (Å²) in [6, 6.07) is 24.2. The minimum Gasteiger partial charge on any atom is -0.478 e. The standard InChI is InChI=1S/C26H24N2O4S/c1-17-8-6-7-11-22(17)28-25(30)24(19-9-4-3-5-10-19)33-21-14-12-20(13-15-21)27-23(29)16-18(2)26(31)32/h3-16,24H,1-2H3,(H,27,29)(H,28,30)(H,31,32)/b18-16+/t24-/m1/s1. The van der Waals surface area contributed by atoms with Gasteiger partial charge in [0.15, 0.2) is 0 Å². The van der Waals surface area contributed by atoms with Crippen molar-refractivity contribution < 1.29 is 19.5 Å². The Hall–Kier alpha value is -3.84. The van der Waals surface area contributed by atoms with E-state index < -0.39 is 17.1 Å². The molecule has 0 bridgehead atoms. The number of para-hydroxylation sites is 1. The molecular weight excluding hydrogens is 436 g/mol. The molecule has 0 aliphatic heterocycles. The number of carboxylic acids is 1. The summed E-state index contributed by atoms with van der Waals surface area (Å²) in [6.45, 7) is 3.30. The highest BCUT2D eigenvalue weighted by Crippen LogP contribution is 2.37. The van der Waals surface area contributed by atoms with Crippen molar-refractivity contribution in [2.24, 2.45) is 0 Å². The number of thioether (sulfide) groups is 1. The van der Waals surface area contributed by atoms with Crippen LogP contribution < -0.4 is 10.6 Å². The maximum Gasteiger partial charge on any atom is 0.331 e. The molecule has 6 nitrogen and oxygen atoms in total. The Balaban J connectivity index is 1.76. The van der Waals surface area contributed by atoms with E-state index >= 15 is 0 Å². The van der Waals surface area contributed by atoms with Crippen LogP contribution in [-0.4, -0.2) is 22.9 Å². The summed E-state index contributed by atoms with van der Waals surface area (Å²) in [5.41, 5.74) is 3.10. The van der Waals surface area contributed by atoms with Crippen molar-refractivity contribution in [1.82, 2.24) is 0 Å². The van der Waals surface area contributed by atoms with Gasteiger partial charge in [-0.1, -0.05) is 48.5 Å². The van der Waals surface area contributed by atoms with E-state index in [0.29, 0.717) is 5.69 Å². The highest BCUT2D eigenvalue weighted by molar-refractivity contribution is 8.00. The minimum absolute atomic E-state index is 0.0509. The molecule has 7 heteroatoms. The number of anilines is 2. The molecule has 0 aromatic heterocycles. The topological polar surface area (TPSA) is 95.5 Å². The van der Waals surface area contributed by atoms with Crippen LogP contribution in [0.3, 0.4) is 0 Å². The van der Waals surface area contributed by atoms with Gasteiger partial charge in [-0.25, -0.2) is 4.79 Å². The lowest BCUT2D eigenvalue weighted by molar-refractivity contribution is -0.132. The van der Waals surface area contributed by atoms with E-state index in [1.54, 1.807) is 12.1 Å². The van der Waals surface area contributed by atoms with E-state index in [2.05, 4.69) is 10.6 Å². The van der Waals surface area contributed by atoms with Crippen LogP contribution in [0.25, 0.3) is 0 Å². The van der Waals surface area contributed by atoms with Gasteiger partial charge in [0.1, 0.15) is 5.25 Å². The van der Waals surface area contributed by atoms with E-state index in [9.17, 15) is 14.4 Å². The van der Waals surface area contributed by atoms with Crippen LogP contribution in [0.5, 0.6) is 0 Å². The smallest absolute Gasteiger partial charge is 0.331 e. The average molecular weight is 461 g/mol. The summed E-state index contributed by atoms with van der Waals surface area (Å²) in [5.74, 6) is -1.80. The largest absolute Gasteiger partial charge is 0.478 e. The van der Waals surface area contributed by atoms with Gasteiger partial charge in [-0.15, -0.1) is 11.8 Å². The zero-order valence-corrected chi connectivity index (χ0v) is 19.1. The Labute approximate surface area is 196 Å². The van der Waals surface area contributed by atoms with Crippen LogP contribution >= 0.6 is 11.8 Å². The monoisotopic (exact) mass is 460 g/mol. The molecule has 0 fully saturated rings. The van der Waals surface area contributed by atoms with Crippen LogP contribution in [0.2, 0.25) is 0 Å². The Morgan fingerprint density at radius 2 is 1.52 bits per heavy atom.